The van der Waals surface area contributed by atoms with E-state index in [4.69, 9.17) is 9.72 Å². The average Bonchev–Trinajstić information content (AvgIpc) is 3.80. The number of rotatable bonds is 7. The van der Waals surface area contributed by atoms with Crippen molar-refractivity contribution in [2.75, 3.05) is 6.61 Å². The van der Waals surface area contributed by atoms with Gasteiger partial charge in [0.1, 0.15) is 15.7 Å². The Morgan fingerprint density at radius 2 is 1.98 bits per heavy atom. The van der Waals surface area contributed by atoms with Crippen molar-refractivity contribution < 1.29 is 23.8 Å². The number of halogens is 1. The quantitative estimate of drug-likeness (QED) is 0.219. The second-order valence-corrected chi connectivity index (χ2v) is 11.9. The molecule has 3 aromatic heterocycles. The fourth-order valence-electron chi connectivity index (χ4n) is 6.34. The van der Waals surface area contributed by atoms with Crippen LogP contribution < -0.4 is 5.32 Å². The largest absolute Gasteiger partial charge is 0.494 e. The Bertz CT molecular complexity index is 1900. The van der Waals surface area contributed by atoms with E-state index in [1.54, 1.807) is 19.1 Å². The van der Waals surface area contributed by atoms with Crippen molar-refractivity contribution in [2.45, 2.75) is 51.6 Å². The number of aryl methyl sites for hydroxylation is 2. The Morgan fingerprint density at radius 3 is 2.79 bits per heavy atom. The normalized spacial score (nSPS) is 15.4. The molecule has 0 fully saturated rings. The maximum absolute atomic E-state index is 13.7. The van der Waals surface area contributed by atoms with Gasteiger partial charge in [0.05, 0.1) is 41.0 Å². The molecule has 0 spiro atoms. The van der Waals surface area contributed by atoms with E-state index in [-0.39, 0.29) is 42.2 Å². The van der Waals surface area contributed by atoms with E-state index in [2.05, 4.69) is 16.4 Å². The van der Waals surface area contributed by atoms with Gasteiger partial charge in [-0.1, -0.05) is 36.4 Å². The predicted molar refractivity (Wildman–Crippen MR) is 161 cm³/mol. The number of aromatic hydroxyl groups is 1. The lowest BCUT2D eigenvalue weighted by molar-refractivity contribution is 0.0525. The number of hydrogen-bond acceptors (Lipinski definition) is 7. The van der Waals surface area contributed by atoms with E-state index in [0.29, 0.717) is 38.6 Å². The maximum atomic E-state index is 13.7. The molecule has 1 aliphatic heterocycles. The molecule has 4 heterocycles. The molecule has 1 atom stereocenters. The van der Waals surface area contributed by atoms with Crippen LogP contribution in [0.4, 0.5) is 4.39 Å². The summed E-state index contributed by atoms with van der Waals surface area (Å²) in [4.78, 5) is 37.0. The van der Waals surface area contributed by atoms with Gasteiger partial charge in [-0.15, -0.1) is 11.3 Å². The van der Waals surface area contributed by atoms with Gasteiger partial charge in [-0.3, -0.25) is 4.79 Å². The Labute approximate surface area is 251 Å². The Morgan fingerprint density at radius 1 is 1.16 bits per heavy atom. The number of aromatic nitrogens is 3. The first-order valence-corrected chi connectivity index (χ1v) is 15.3. The van der Waals surface area contributed by atoms with Crippen LogP contribution in [-0.2, 0) is 30.5 Å². The number of carbonyl (C=O) groups is 2. The number of pyridine rings is 1. The summed E-state index contributed by atoms with van der Waals surface area (Å²) in [5.41, 5.74) is 5.64. The lowest BCUT2D eigenvalue weighted by Gasteiger charge is -2.15. The van der Waals surface area contributed by atoms with Crippen LogP contribution in [0.3, 0.4) is 0 Å². The van der Waals surface area contributed by atoms with Crippen LogP contribution in [0.15, 0.2) is 54.7 Å². The highest BCUT2D eigenvalue weighted by Crippen LogP contribution is 2.45. The molecule has 0 unspecified atom stereocenters. The first-order chi connectivity index (χ1) is 20.9. The van der Waals surface area contributed by atoms with Gasteiger partial charge in [0.25, 0.3) is 5.91 Å². The van der Waals surface area contributed by atoms with Crippen LogP contribution in [0.5, 0.6) is 5.88 Å². The number of carbonyl (C=O) groups excluding carboxylic acids is 2. The summed E-state index contributed by atoms with van der Waals surface area (Å²) in [5.74, 6) is -1.18. The van der Waals surface area contributed by atoms with Crippen molar-refractivity contribution in [3.63, 3.8) is 0 Å². The van der Waals surface area contributed by atoms with Crippen LogP contribution in [0.25, 0.3) is 21.5 Å². The molecule has 7 rings (SSSR count). The maximum Gasteiger partial charge on any atom is 0.340 e. The summed E-state index contributed by atoms with van der Waals surface area (Å²) in [7, 11) is 0. The monoisotopic (exact) mass is 596 g/mol. The topological polar surface area (TPSA) is 106 Å². The van der Waals surface area contributed by atoms with Crippen molar-refractivity contribution in [1.82, 2.24) is 19.9 Å². The van der Waals surface area contributed by atoms with Crippen LogP contribution >= 0.6 is 11.3 Å². The van der Waals surface area contributed by atoms with E-state index in [1.807, 2.05) is 22.8 Å². The zero-order valence-electron chi connectivity index (χ0n) is 23.5. The van der Waals surface area contributed by atoms with Gasteiger partial charge in [0.15, 0.2) is 0 Å². The standard InChI is InChI=1S/C33H29FN4O4S/c1-2-42-33(41)26-23(16-18-9-12-20(34)13-10-18)36-29-24-8-5-15-38(24)32(40)28(29)27(26)31-35-17-25(43-31)30(39)37-22-14-11-19-6-3-4-7-21(19)22/h3-4,6-7,9-10,12-13,17,22,40H,2,5,8,11,14-16H2,1H3,(H,37,39)/t22-/m1/s1. The molecule has 0 saturated carbocycles. The SMILES string of the molecule is CCOC(=O)c1c(Cc2ccc(F)cc2)nc2c3n(c(O)c2c1-c1ncc(C(=O)N[C@@H]2CCc4ccccc42)s1)CCC3. The third-order valence-electron chi connectivity index (χ3n) is 8.29. The highest BCUT2D eigenvalue weighted by atomic mass is 32.1. The van der Waals surface area contributed by atoms with Gasteiger partial charge in [-0.05, 0) is 61.4 Å². The molecule has 2 aliphatic rings. The van der Waals surface area contributed by atoms with Crippen LogP contribution in [0.1, 0.15) is 73.9 Å². The molecule has 0 bridgehead atoms. The molecule has 43 heavy (non-hydrogen) atoms. The van der Waals surface area contributed by atoms with Crippen LogP contribution in [0.2, 0.25) is 0 Å². The summed E-state index contributed by atoms with van der Waals surface area (Å²) in [5, 5.41) is 15.4. The van der Waals surface area contributed by atoms with Crippen molar-refractivity contribution in [3.8, 4) is 16.5 Å². The molecule has 5 aromatic rings. The minimum Gasteiger partial charge on any atom is -0.494 e. The fourth-order valence-corrected chi connectivity index (χ4v) is 7.22. The lowest BCUT2D eigenvalue weighted by Crippen LogP contribution is -2.26. The second-order valence-electron chi connectivity index (χ2n) is 10.9. The summed E-state index contributed by atoms with van der Waals surface area (Å²) >= 11 is 1.16. The summed E-state index contributed by atoms with van der Waals surface area (Å²) in [6, 6.07) is 14.1. The summed E-state index contributed by atoms with van der Waals surface area (Å²) < 4.78 is 21.0. The number of amides is 1. The van der Waals surface area contributed by atoms with E-state index < -0.39 is 5.97 Å². The zero-order chi connectivity index (χ0) is 29.7. The molecule has 2 N–H and O–H groups in total. The van der Waals surface area contributed by atoms with Crippen molar-refractivity contribution in [1.29, 1.82) is 0 Å². The number of ether oxygens (including phenoxy) is 1. The zero-order valence-corrected chi connectivity index (χ0v) is 24.3. The third kappa shape index (κ3) is 4.75. The molecule has 218 valence electrons. The van der Waals surface area contributed by atoms with E-state index >= 15 is 0 Å². The van der Waals surface area contributed by atoms with Crippen molar-refractivity contribution in [3.05, 3.63) is 99.1 Å². The van der Waals surface area contributed by atoms with Gasteiger partial charge in [-0.2, -0.15) is 0 Å². The van der Waals surface area contributed by atoms with Gasteiger partial charge < -0.3 is 19.7 Å². The van der Waals surface area contributed by atoms with Gasteiger partial charge in [0, 0.05) is 24.2 Å². The molecule has 2 aromatic carbocycles. The van der Waals surface area contributed by atoms with E-state index in [9.17, 15) is 19.1 Å². The van der Waals surface area contributed by atoms with Crippen LogP contribution in [0, 0.1) is 5.82 Å². The number of nitrogens with zero attached hydrogens (tertiary/aromatic N) is 3. The molecular weight excluding hydrogens is 567 g/mol. The fraction of sp³-hybridized carbons (Fsp3) is 0.273. The number of thiazole rings is 1. The summed E-state index contributed by atoms with van der Waals surface area (Å²) in [6.07, 6.45) is 5.08. The first kappa shape index (κ1) is 27.3. The number of esters is 1. The number of fused-ring (bicyclic) bond motifs is 4. The molecule has 0 saturated heterocycles. The minimum absolute atomic E-state index is 0.0210. The lowest BCUT2D eigenvalue weighted by atomic mass is 9.97. The third-order valence-corrected chi connectivity index (χ3v) is 9.31. The highest BCUT2D eigenvalue weighted by molar-refractivity contribution is 7.17. The number of benzene rings is 2. The minimum atomic E-state index is -0.599. The average molecular weight is 597 g/mol. The van der Waals surface area contributed by atoms with Gasteiger partial charge >= 0.3 is 5.97 Å². The van der Waals surface area contributed by atoms with Crippen molar-refractivity contribution in [2.24, 2.45) is 0 Å². The number of nitrogens with one attached hydrogen (secondary N) is 1. The molecule has 0 radical (unpaired) electrons. The van der Waals surface area contributed by atoms with Crippen molar-refractivity contribution >= 4 is 34.1 Å². The van der Waals surface area contributed by atoms with Gasteiger partial charge in [0.2, 0.25) is 5.88 Å². The molecular formula is C33H29FN4O4S. The molecule has 1 amide bonds. The molecule has 1 aliphatic carbocycles. The van der Waals surface area contributed by atoms with E-state index in [1.165, 1.54) is 23.9 Å². The van der Waals surface area contributed by atoms with E-state index in [0.717, 1.165) is 53.8 Å². The van der Waals surface area contributed by atoms with Gasteiger partial charge in [-0.25, -0.2) is 19.2 Å². The summed E-state index contributed by atoms with van der Waals surface area (Å²) in [6.45, 7) is 2.49. The Balaban J connectivity index is 1.36. The first-order valence-electron chi connectivity index (χ1n) is 14.5. The predicted octanol–water partition coefficient (Wildman–Crippen LogP) is 6.14. The highest BCUT2D eigenvalue weighted by Gasteiger charge is 2.33. The smallest absolute Gasteiger partial charge is 0.340 e. The Hall–Kier alpha value is -4.57. The molecule has 8 nitrogen and oxygen atoms in total. The Kier molecular flexibility index (Phi) is 6.93. The number of hydrogen-bond donors (Lipinski definition) is 2. The molecule has 10 heteroatoms. The second kappa shape index (κ2) is 10.9. The van der Waals surface area contributed by atoms with Crippen LogP contribution in [-0.4, -0.2) is 38.1 Å².